The molecule has 4 aromatic rings. The van der Waals surface area contributed by atoms with Crippen molar-refractivity contribution in [1.82, 2.24) is 14.3 Å². The van der Waals surface area contributed by atoms with E-state index in [4.69, 9.17) is 5.26 Å². The lowest BCUT2D eigenvalue weighted by Crippen LogP contribution is -2.30. The molecule has 2 aromatic heterocycles. The molecule has 5 rings (SSSR count). The van der Waals surface area contributed by atoms with Crippen LogP contribution in [-0.2, 0) is 6.42 Å². The molecule has 1 saturated heterocycles. The molecule has 0 N–H and O–H groups in total. The van der Waals surface area contributed by atoms with E-state index in [1.807, 2.05) is 30.5 Å². The predicted molar refractivity (Wildman–Crippen MR) is 125 cm³/mol. The predicted octanol–water partition coefficient (Wildman–Crippen LogP) is 5.42. The number of likely N-dealkylation sites (tertiary alicyclic amines) is 1. The third kappa shape index (κ3) is 4.10. The minimum absolute atomic E-state index is 0.665. The van der Waals surface area contributed by atoms with Crippen LogP contribution in [0.15, 0.2) is 73.1 Å². The Morgan fingerprint density at radius 2 is 1.58 bits per heavy atom. The van der Waals surface area contributed by atoms with Gasteiger partial charge in [-0.25, -0.2) is 4.98 Å². The zero-order valence-corrected chi connectivity index (χ0v) is 17.8. The molecule has 0 spiro atoms. The summed E-state index contributed by atoms with van der Waals surface area (Å²) in [6.45, 7) is 2.44. The molecule has 0 atom stereocenters. The summed E-state index contributed by atoms with van der Waals surface area (Å²) in [6, 6.07) is 23.1. The van der Waals surface area contributed by atoms with Gasteiger partial charge in [0.2, 0.25) is 0 Å². The molecule has 0 unspecified atom stereocenters. The van der Waals surface area contributed by atoms with Crippen molar-refractivity contribution in [3.8, 4) is 28.5 Å². The number of hydrogen-bond donors (Lipinski definition) is 0. The molecule has 4 nitrogen and oxygen atoms in total. The van der Waals surface area contributed by atoms with Gasteiger partial charge >= 0.3 is 0 Å². The zero-order valence-electron chi connectivity index (χ0n) is 17.8. The van der Waals surface area contributed by atoms with Crippen LogP contribution in [0.3, 0.4) is 0 Å². The number of imidazole rings is 1. The highest BCUT2D eigenvalue weighted by atomic mass is 15.1. The van der Waals surface area contributed by atoms with Crippen LogP contribution < -0.4 is 0 Å². The van der Waals surface area contributed by atoms with Gasteiger partial charge in [-0.15, -0.1) is 0 Å². The van der Waals surface area contributed by atoms with Crippen molar-refractivity contribution in [1.29, 1.82) is 5.26 Å². The van der Waals surface area contributed by atoms with Crippen molar-refractivity contribution < 1.29 is 0 Å². The van der Waals surface area contributed by atoms with E-state index in [9.17, 15) is 0 Å². The molecule has 0 radical (unpaired) electrons. The van der Waals surface area contributed by atoms with Gasteiger partial charge in [0.05, 0.1) is 23.5 Å². The highest BCUT2D eigenvalue weighted by Crippen LogP contribution is 2.27. The highest BCUT2D eigenvalue weighted by Gasteiger charge is 2.17. The number of hydrogen-bond acceptors (Lipinski definition) is 3. The highest BCUT2D eigenvalue weighted by molar-refractivity contribution is 5.69. The van der Waals surface area contributed by atoms with Crippen molar-refractivity contribution in [2.45, 2.75) is 19.3 Å². The van der Waals surface area contributed by atoms with Gasteiger partial charge in [0.25, 0.3) is 0 Å². The van der Waals surface area contributed by atoms with Crippen molar-refractivity contribution in [3.05, 3.63) is 84.2 Å². The Balaban J connectivity index is 1.39. The van der Waals surface area contributed by atoms with Crippen LogP contribution in [0, 0.1) is 17.2 Å². The minimum atomic E-state index is 0.665. The van der Waals surface area contributed by atoms with E-state index in [-0.39, 0.29) is 0 Å². The van der Waals surface area contributed by atoms with E-state index < -0.39 is 0 Å². The summed E-state index contributed by atoms with van der Waals surface area (Å²) in [5.41, 5.74) is 7.48. The number of aromatic nitrogens is 2. The van der Waals surface area contributed by atoms with Crippen molar-refractivity contribution in [2.24, 2.45) is 5.92 Å². The summed E-state index contributed by atoms with van der Waals surface area (Å²) in [6.07, 6.45) is 7.83. The molecular formula is C27H26N4. The lowest BCUT2D eigenvalue weighted by atomic mass is 9.90. The minimum Gasteiger partial charge on any atom is -0.306 e. The summed E-state index contributed by atoms with van der Waals surface area (Å²) >= 11 is 0. The van der Waals surface area contributed by atoms with E-state index in [1.54, 1.807) is 0 Å². The van der Waals surface area contributed by atoms with E-state index in [0.29, 0.717) is 5.56 Å². The van der Waals surface area contributed by atoms with Gasteiger partial charge < -0.3 is 4.90 Å². The SMILES string of the molecule is CN1CCC(Cc2ccc(-c3ccc4ncc(-c5ccc(C#N)cc5)n4c3)cc2)CC1. The van der Waals surface area contributed by atoms with Gasteiger partial charge in [0.15, 0.2) is 0 Å². The van der Waals surface area contributed by atoms with Crippen LogP contribution in [0.1, 0.15) is 24.0 Å². The number of fused-ring (bicyclic) bond motifs is 1. The van der Waals surface area contributed by atoms with Crippen LogP contribution in [0.4, 0.5) is 0 Å². The topological polar surface area (TPSA) is 44.3 Å². The first kappa shape index (κ1) is 19.5. The lowest BCUT2D eigenvalue weighted by Gasteiger charge is -2.29. The summed E-state index contributed by atoms with van der Waals surface area (Å²) in [7, 11) is 2.22. The molecule has 0 amide bonds. The van der Waals surface area contributed by atoms with E-state index in [2.05, 4.69) is 70.0 Å². The zero-order chi connectivity index (χ0) is 21.2. The van der Waals surface area contributed by atoms with Crippen LogP contribution in [-0.4, -0.2) is 34.4 Å². The Hall–Kier alpha value is -3.42. The van der Waals surface area contributed by atoms with Crippen LogP contribution >= 0.6 is 0 Å². The molecule has 0 aliphatic carbocycles. The second-order valence-electron chi connectivity index (χ2n) is 8.63. The van der Waals surface area contributed by atoms with E-state index in [0.717, 1.165) is 22.8 Å². The Bertz CT molecular complexity index is 1220. The molecule has 1 aliphatic rings. The molecule has 4 heteroatoms. The molecule has 0 bridgehead atoms. The van der Waals surface area contributed by atoms with Crippen LogP contribution in [0.5, 0.6) is 0 Å². The molecule has 1 aliphatic heterocycles. The maximum atomic E-state index is 9.05. The quantitative estimate of drug-likeness (QED) is 0.454. The third-order valence-electron chi connectivity index (χ3n) is 6.47. The largest absolute Gasteiger partial charge is 0.306 e. The average Bonchev–Trinajstić information content (AvgIpc) is 3.24. The van der Waals surface area contributed by atoms with Crippen molar-refractivity contribution in [2.75, 3.05) is 20.1 Å². The lowest BCUT2D eigenvalue weighted by molar-refractivity contribution is 0.219. The number of piperidine rings is 1. The fourth-order valence-electron chi connectivity index (χ4n) is 4.51. The molecule has 0 saturated carbocycles. The first-order valence-electron chi connectivity index (χ1n) is 10.9. The van der Waals surface area contributed by atoms with Gasteiger partial charge in [-0.1, -0.05) is 36.4 Å². The van der Waals surface area contributed by atoms with E-state index in [1.165, 1.54) is 49.0 Å². The molecule has 1 fully saturated rings. The second kappa shape index (κ2) is 8.37. The Kier molecular flexibility index (Phi) is 5.28. The van der Waals surface area contributed by atoms with Gasteiger partial charge in [-0.2, -0.15) is 5.26 Å². The van der Waals surface area contributed by atoms with Crippen LogP contribution in [0.25, 0.3) is 28.0 Å². The number of nitrogens with zero attached hydrogens (tertiary/aromatic N) is 4. The number of benzene rings is 2. The summed E-state index contributed by atoms with van der Waals surface area (Å²) < 4.78 is 2.13. The molecular weight excluding hydrogens is 380 g/mol. The maximum absolute atomic E-state index is 9.05. The standard InChI is InChI=1S/C27H26N4/c1-30-14-12-21(13-15-30)16-20-2-6-23(7-3-20)25-10-11-27-29-18-26(31(27)19-25)24-8-4-22(17-28)5-9-24/h2-11,18-19,21H,12-16H2,1H3. The molecule has 3 heterocycles. The van der Waals surface area contributed by atoms with Crippen LogP contribution in [0.2, 0.25) is 0 Å². The van der Waals surface area contributed by atoms with Gasteiger partial charge in [0.1, 0.15) is 5.65 Å². The summed E-state index contributed by atoms with van der Waals surface area (Å²) in [5, 5.41) is 9.05. The number of pyridine rings is 1. The molecule has 154 valence electrons. The second-order valence-corrected chi connectivity index (χ2v) is 8.63. The Morgan fingerprint density at radius 1 is 0.903 bits per heavy atom. The smallest absolute Gasteiger partial charge is 0.137 e. The number of nitriles is 1. The number of rotatable bonds is 4. The molecule has 2 aromatic carbocycles. The van der Waals surface area contributed by atoms with Gasteiger partial charge in [-0.3, -0.25) is 4.40 Å². The Labute approximate surface area is 183 Å². The maximum Gasteiger partial charge on any atom is 0.137 e. The van der Waals surface area contributed by atoms with Crippen molar-refractivity contribution in [3.63, 3.8) is 0 Å². The van der Waals surface area contributed by atoms with Crippen molar-refractivity contribution >= 4 is 5.65 Å². The van der Waals surface area contributed by atoms with Gasteiger partial charge in [-0.05, 0) is 86.3 Å². The molecule has 31 heavy (non-hydrogen) atoms. The average molecular weight is 407 g/mol. The summed E-state index contributed by atoms with van der Waals surface area (Å²) in [4.78, 5) is 6.98. The third-order valence-corrected chi connectivity index (χ3v) is 6.47. The Morgan fingerprint density at radius 3 is 2.29 bits per heavy atom. The fourth-order valence-corrected chi connectivity index (χ4v) is 4.51. The summed E-state index contributed by atoms with van der Waals surface area (Å²) in [5.74, 6) is 0.805. The van der Waals surface area contributed by atoms with Gasteiger partial charge in [0, 0.05) is 11.8 Å². The monoisotopic (exact) mass is 406 g/mol. The van der Waals surface area contributed by atoms with E-state index >= 15 is 0 Å². The first-order chi connectivity index (χ1) is 15.2. The normalized spacial score (nSPS) is 15.2. The fraction of sp³-hybridized carbons (Fsp3) is 0.259. The first-order valence-corrected chi connectivity index (χ1v) is 10.9.